The molecule has 3 rings (SSSR count). The number of alkyl halides is 1. The Morgan fingerprint density at radius 1 is 1.21 bits per heavy atom. The van der Waals surface area contributed by atoms with E-state index in [9.17, 15) is 24.2 Å². The summed E-state index contributed by atoms with van der Waals surface area (Å²) in [6.07, 6.45) is 0.443. The molecule has 0 bridgehead atoms. The van der Waals surface area contributed by atoms with E-state index in [1.165, 1.54) is 0 Å². The molecule has 0 radical (unpaired) electrons. The number of nitrogens with zero attached hydrogens (tertiary/aromatic N) is 1. The van der Waals surface area contributed by atoms with Crippen LogP contribution in [-0.2, 0) is 16.0 Å². The lowest BCUT2D eigenvalue weighted by atomic mass is 9.82. The summed E-state index contributed by atoms with van der Waals surface area (Å²) in [4.78, 5) is 27.6. The zero-order valence-corrected chi connectivity index (χ0v) is 16.7. The van der Waals surface area contributed by atoms with E-state index in [4.69, 9.17) is 0 Å². The Hall–Kier alpha value is -1.51. The van der Waals surface area contributed by atoms with Crippen molar-refractivity contribution in [1.82, 2.24) is 10.2 Å². The van der Waals surface area contributed by atoms with Gasteiger partial charge in [0.1, 0.15) is 6.17 Å². The predicted octanol–water partition coefficient (Wildman–Crippen LogP) is 1.65. The molecule has 1 saturated carbocycles. The van der Waals surface area contributed by atoms with Gasteiger partial charge in [0.25, 0.3) is 11.8 Å². The molecule has 6 nitrogen and oxygen atoms in total. The van der Waals surface area contributed by atoms with Gasteiger partial charge in [-0.25, -0.2) is 4.39 Å². The highest BCUT2D eigenvalue weighted by molar-refractivity contribution is 7.09. The molecule has 1 aliphatic carbocycles. The first-order valence-electron chi connectivity index (χ1n) is 10.1. The standard InChI is InChI=1S/C20H29FN2O4S/c21-14-7-5-13(6-8-14)16-4-1-11-23(16)20(27)18(25)17(24)19(26)22-10-9-15-3-2-12-28-15/h2-3,12-14,16-18,24-25H,1,4-11H2,(H,22,26)/t13?,14?,16?,17-,18-/m1/s1. The summed E-state index contributed by atoms with van der Waals surface area (Å²) in [6.45, 7) is 0.832. The van der Waals surface area contributed by atoms with Crippen LogP contribution in [0.5, 0.6) is 0 Å². The van der Waals surface area contributed by atoms with E-state index in [1.807, 2.05) is 17.5 Å². The number of halogens is 1. The van der Waals surface area contributed by atoms with Crippen molar-refractivity contribution in [2.24, 2.45) is 5.92 Å². The van der Waals surface area contributed by atoms with E-state index < -0.39 is 30.2 Å². The van der Waals surface area contributed by atoms with Gasteiger partial charge in [-0.2, -0.15) is 0 Å². The number of aliphatic hydroxyl groups is 2. The fourth-order valence-electron chi connectivity index (χ4n) is 4.34. The van der Waals surface area contributed by atoms with Crippen LogP contribution in [-0.4, -0.2) is 64.4 Å². The molecule has 1 unspecified atom stereocenters. The maximum Gasteiger partial charge on any atom is 0.254 e. The Labute approximate surface area is 168 Å². The van der Waals surface area contributed by atoms with Gasteiger partial charge in [0.15, 0.2) is 12.2 Å². The number of hydrogen-bond acceptors (Lipinski definition) is 5. The van der Waals surface area contributed by atoms with Gasteiger partial charge in [0.2, 0.25) is 0 Å². The summed E-state index contributed by atoms with van der Waals surface area (Å²) in [7, 11) is 0. The molecular weight excluding hydrogens is 383 g/mol. The zero-order chi connectivity index (χ0) is 20.1. The molecule has 0 aromatic carbocycles. The first kappa shape index (κ1) is 21.2. The lowest BCUT2D eigenvalue weighted by Gasteiger charge is -2.36. The van der Waals surface area contributed by atoms with E-state index in [0.29, 0.717) is 32.4 Å². The van der Waals surface area contributed by atoms with Gasteiger partial charge >= 0.3 is 0 Å². The normalized spacial score (nSPS) is 27.4. The second-order valence-electron chi connectivity index (χ2n) is 7.76. The van der Waals surface area contributed by atoms with Gasteiger partial charge in [-0.15, -0.1) is 11.3 Å². The van der Waals surface area contributed by atoms with Crippen LogP contribution in [0.15, 0.2) is 17.5 Å². The Balaban J connectivity index is 1.50. The highest BCUT2D eigenvalue weighted by Crippen LogP contribution is 2.35. The fourth-order valence-corrected chi connectivity index (χ4v) is 5.05. The molecule has 2 aliphatic rings. The van der Waals surface area contributed by atoms with Crippen LogP contribution in [0.25, 0.3) is 0 Å². The van der Waals surface area contributed by atoms with Crippen molar-refractivity contribution < 1.29 is 24.2 Å². The Morgan fingerprint density at radius 2 is 1.96 bits per heavy atom. The third-order valence-corrected chi connectivity index (χ3v) is 6.84. The highest BCUT2D eigenvalue weighted by atomic mass is 32.1. The van der Waals surface area contributed by atoms with Gasteiger partial charge in [-0.1, -0.05) is 6.07 Å². The van der Waals surface area contributed by atoms with Crippen LogP contribution < -0.4 is 5.32 Å². The maximum atomic E-state index is 13.4. The number of amides is 2. The number of rotatable bonds is 7. The minimum absolute atomic E-state index is 0.0382. The Bertz CT molecular complexity index is 649. The van der Waals surface area contributed by atoms with Crippen molar-refractivity contribution in [1.29, 1.82) is 0 Å². The summed E-state index contributed by atoms with van der Waals surface area (Å²) >= 11 is 1.58. The number of carbonyl (C=O) groups is 2. The molecule has 2 fully saturated rings. The highest BCUT2D eigenvalue weighted by Gasteiger charge is 2.41. The first-order valence-corrected chi connectivity index (χ1v) is 11.0. The van der Waals surface area contributed by atoms with E-state index in [-0.39, 0.29) is 12.0 Å². The number of nitrogens with one attached hydrogen (secondary N) is 1. The second kappa shape index (κ2) is 9.80. The van der Waals surface area contributed by atoms with Gasteiger partial charge in [-0.3, -0.25) is 9.59 Å². The Morgan fingerprint density at radius 3 is 2.64 bits per heavy atom. The summed E-state index contributed by atoms with van der Waals surface area (Å²) in [5.41, 5.74) is 0. The second-order valence-corrected chi connectivity index (χ2v) is 8.80. The summed E-state index contributed by atoms with van der Waals surface area (Å²) in [5.74, 6) is -1.13. The SMILES string of the molecule is O=C(NCCc1cccs1)[C@H](O)[C@@H](O)C(=O)N1CCCC1C1CCC(F)CC1. The van der Waals surface area contributed by atoms with Gasteiger partial charge in [-0.05, 0) is 62.3 Å². The molecule has 3 N–H and O–H groups in total. The molecule has 156 valence electrons. The van der Waals surface area contributed by atoms with Crippen molar-refractivity contribution in [2.75, 3.05) is 13.1 Å². The first-order chi connectivity index (χ1) is 13.5. The van der Waals surface area contributed by atoms with E-state index >= 15 is 0 Å². The van der Waals surface area contributed by atoms with Crippen LogP contribution in [0, 0.1) is 5.92 Å². The van der Waals surface area contributed by atoms with E-state index in [0.717, 1.165) is 30.6 Å². The molecular formula is C20H29FN2O4S. The van der Waals surface area contributed by atoms with Crippen LogP contribution in [0.3, 0.4) is 0 Å². The molecule has 2 heterocycles. The molecule has 0 spiro atoms. The van der Waals surface area contributed by atoms with Crippen molar-refractivity contribution in [3.05, 3.63) is 22.4 Å². The molecule has 2 amide bonds. The summed E-state index contributed by atoms with van der Waals surface area (Å²) < 4.78 is 13.4. The lowest BCUT2D eigenvalue weighted by molar-refractivity contribution is -0.154. The fraction of sp³-hybridized carbons (Fsp3) is 0.700. The largest absolute Gasteiger partial charge is 0.380 e. The van der Waals surface area contributed by atoms with Crippen LogP contribution in [0.2, 0.25) is 0 Å². The third-order valence-electron chi connectivity index (χ3n) is 5.90. The zero-order valence-electron chi connectivity index (χ0n) is 15.9. The molecule has 1 aromatic heterocycles. The van der Waals surface area contributed by atoms with Gasteiger partial charge in [0.05, 0.1) is 0 Å². The van der Waals surface area contributed by atoms with Gasteiger partial charge in [0, 0.05) is 24.0 Å². The average Bonchev–Trinajstić information content (AvgIpc) is 3.38. The number of hydrogen-bond donors (Lipinski definition) is 3. The van der Waals surface area contributed by atoms with Crippen LogP contribution in [0.1, 0.15) is 43.4 Å². The predicted molar refractivity (Wildman–Crippen MR) is 105 cm³/mol. The number of aliphatic hydroxyl groups excluding tert-OH is 2. The minimum Gasteiger partial charge on any atom is -0.380 e. The van der Waals surface area contributed by atoms with Crippen molar-refractivity contribution >= 4 is 23.2 Å². The van der Waals surface area contributed by atoms with E-state index in [1.54, 1.807) is 16.2 Å². The number of likely N-dealkylation sites (tertiary alicyclic amines) is 1. The van der Waals surface area contributed by atoms with Crippen LogP contribution >= 0.6 is 11.3 Å². The number of carbonyl (C=O) groups excluding carboxylic acids is 2. The molecule has 1 saturated heterocycles. The Kier molecular flexibility index (Phi) is 7.42. The van der Waals surface area contributed by atoms with Gasteiger partial charge < -0.3 is 20.4 Å². The summed E-state index contributed by atoms with van der Waals surface area (Å²) in [5, 5.41) is 25.0. The number of thiophene rings is 1. The summed E-state index contributed by atoms with van der Waals surface area (Å²) in [6, 6.07) is 3.84. The van der Waals surface area contributed by atoms with Crippen LogP contribution in [0.4, 0.5) is 4.39 Å². The lowest BCUT2D eigenvalue weighted by Crippen LogP contribution is -2.53. The molecule has 8 heteroatoms. The maximum absolute atomic E-state index is 13.4. The molecule has 1 aliphatic heterocycles. The minimum atomic E-state index is -1.79. The average molecular weight is 413 g/mol. The van der Waals surface area contributed by atoms with E-state index in [2.05, 4.69) is 5.32 Å². The monoisotopic (exact) mass is 412 g/mol. The molecule has 28 heavy (non-hydrogen) atoms. The molecule has 3 atom stereocenters. The third kappa shape index (κ3) is 5.10. The van der Waals surface area contributed by atoms with Crippen molar-refractivity contribution in [3.63, 3.8) is 0 Å². The quantitative estimate of drug-likeness (QED) is 0.635. The molecule has 1 aromatic rings. The smallest absolute Gasteiger partial charge is 0.254 e. The van der Waals surface area contributed by atoms with Crippen molar-refractivity contribution in [2.45, 2.75) is 69.4 Å². The topological polar surface area (TPSA) is 89.9 Å². The van der Waals surface area contributed by atoms with Crippen molar-refractivity contribution in [3.8, 4) is 0 Å².